The van der Waals surface area contributed by atoms with Crippen LogP contribution in [0, 0.1) is 11.2 Å². The SMILES string of the molecule is C=CC(CCNC(=N)CSC)NCc1ccc(-n2cc3cc(-c4cc(CCC[C@H](C)N)cc(Cl)c4F)[nH]c3nc2=O)cc1. The van der Waals surface area contributed by atoms with Gasteiger partial charge in [0.1, 0.15) is 11.5 Å². The summed E-state index contributed by atoms with van der Waals surface area (Å²) in [5.41, 5.74) is 9.29. The molecule has 0 spiro atoms. The maximum absolute atomic E-state index is 15.1. The minimum atomic E-state index is -0.520. The second kappa shape index (κ2) is 15.3. The van der Waals surface area contributed by atoms with Crippen molar-refractivity contribution in [3.05, 3.63) is 93.8 Å². The number of hydrogen-bond acceptors (Lipinski definition) is 6. The maximum atomic E-state index is 15.1. The van der Waals surface area contributed by atoms with Gasteiger partial charge in [0.05, 0.1) is 22.2 Å². The molecule has 2 aromatic heterocycles. The lowest BCUT2D eigenvalue weighted by atomic mass is 10.0. The average molecular weight is 624 g/mol. The number of H-pyrrole nitrogens is 1. The summed E-state index contributed by atoms with van der Waals surface area (Å²) >= 11 is 7.86. The lowest BCUT2D eigenvalue weighted by molar-refractivity contribution is 0.551. The van der Waals surface area contributed by atoms with E-state index in [0.717, 1.165) is 36.8 Å². The molecule has 0 saturated heterocycles. The standard InChI is InChI=1S/C32H39ClFN7OS/c1-4-24(12-13-37-29(36)19-43-3)38-17-21-8-10-25(11-9-21)41-18-23-16-28(39-31(23)40-32(41)42)26-14-22(7-5-6-20(2)35)15-27(33)30(26)34/h4,8-11,14-16,18,20,24,38H,1,5-7,12-13,17,19,35H2,2-3H3,(H2,36,37)(H,39,40,42)/t20-,24?/m0/s1. The summed E-state index contributed by atoms with van der Waals surface area (Å²) < 4.78 is 16.6. The number of benzene rings is 2. The van der Waals surface area contributed by atoms with Gasteiger partial charge in [0.25, 0.3) is 0 Å². The molecule has 0 aliphatic rings. The van der Waals surface area contributed by atoms with Crippen molar-refractivity contribution in [2.75, 3.05) is 18.6 Å². The summed E-state index contributed by atoms with van der Waals surface area (Å²) in [5, 5.41) is 15.2. The van der Waals surface area contributed by atoms with Gasteiger partial charge in [-0.2, -0.15) is 16.7 Å². The highest BCUT2D eigenvalue weighted by atomic mass is 35.5. The predicted octanol–water partition coefficient (Wildman–Crippen LogP) is 5.81. The Hall–Kier alpha value is -3.44. The summed E-state index contributed by atoms with van der Waals surface area (Å²) in [6, 6.07) is 13.1. The topological polar surface area (TPSA) is 125 Å². The van der Waals surface area contributed by atoms with Gasteiger partial charge >= 0.3 is 5.69 Å². The Morgan fingerprint density at radius 1 is 1.26 bits per heavy atom. The van der Waals surface area contributed by atoms with Crippen molar-refractivity contribution < 1.29 is 4.39 Å². The van der Waals surface area contributed by atoms with Crippen LogP contribution in [0.3, 0.4) is 0 Å². The first-order chi connectivity index (χ1) is 20.7. The lowest BCUT2D eigenvalue weighted by Crippen LogP contribution is -2.33. The maximum Gasteiger partial charge on any atom is 0.354 e. The average Bonchev–Trinajstić information content (AvgIpc) is 3.39. The van der Waals surface area contributed by atoms with Crippen LogP contribution < -0.4 is 22.1 Å². The van der Waals surface area contributed by atoms with Gasteiger partial charge in [-0.3, -0.25) is 9.98 Å². The Kier molecular flexibility index (Phi) is 11.6. The van der Waals surface area contributed by atoms with E-state index in [9.17, 15) is 4.79 Å². The molecule has 0 radical (unpaired) electrons. The molecular formula is C32H39ClFN7OS. The molecule has 228 valence electrons. The summed E-state index contributed by atoms with van der Waals surface area (Å²) in [6.07, 6.45) is 8.84. The molecule has 2 heterocycles. The second-order valence-corrected chi connectivity index (χ2v) is 12.0. The smallest absolute Gasteiger partial charge is 0.354 e. The highest BCUT2D eigenvalue weighted by Crippen LogP contribution is 2.31. The highest BCUT2D eigenvalue weighted by molar-refractivity contribution is 7.99. The molecule has 4 aromatic rings. The van der Waals surface area contributed by atoms with Gasteiger partial charge in [0.2, 0.25) is 0 Å². The number of fused-ring (bicyclic) bond motifs is 1. The van der Waals surface area contributed by atoms with E-state index in [1.54, 1.807) is 36.2 Å². The molecule has 0 aliphatic carbocycles. The zero-order valence-electron chi connectivity index (χ0n) is 24.6. The first-order valence-electron chi connectivity index (χ1n) is 14.3. The van der Waals surface area contributed by atoms with E-state index in [2.05, 4.69) is 27.2 Å². The molecular weight excluding hydrogens is 585 g/mol. The van der Waals surface area contributed by atoms with Gasteiger partial charge in [-0.1, -0.05) is 29.8 Å². The normalized spacial score (nSPS) is 12.8. The van der Waals surface area contributed by atoms with E-state index in [4.69, 9.17) is 22.7 Å². The summed E-state index contributed by atoms with van der Waals surface area (Å²) in [4.78, 5) is 20.3. The Bertz CT molecular complexity index is 1620. The van der Waals surface area contributed by atoms with Crippen LogP contribution in [0.4, 0.5) is 4.39 Å². The van der Waals surface area contributed by atoms with E-state index < -0.39 is 11.5 Å². The number of aryl methyl sites for hydroxylation is 1. The fourth-order valence-electron chi connectivity index (χ4n) is 4.84. The number of nitrogens with one attached hydrogen (secondary N) is 4. The van der Waals surface area contributed by atoms with Crippen molar-refractivity contribution in [1.82, 2.24) is 25.2 Å². The van der Waals surface area contributed by atoms with E-state index in [1.165, 1.54) is 4.57 Å². The van der Waals surface area contributed by atoms with Gasteiger partial charge in [0, 0.05) is 42.3 Å². The van der Waals surface area contributed by atoms with Gasteiger partial charge in [0.15, 0.2) is 5.82 Å². The molecule has 0 fully saturated rings. The number of aromatic nitrogens is 3. The van der Waals surface area contributed by atoms with Crippen LogP contribution in [0.2, 0.25) is 5.02 Å². The number of nitrogens with two attached hydrogens (primary N) is 1. The molecule has 11 heteroatoms. The fraction of sp³-hybridized carbons (Fsp3) is 0.344. The van der Waals surface area contributed by atoms with Crippen molar-refractivity contribution in [1.29, 1.82) is 5.41 Å². The van der Waals surface area contributed by atoms with Gasteiger partial charge in [-0.15, -0.1) is 6.58 Å². The number of thioether (sulfide) groups is 1. The molecule has 0 amide bonds. The molecule has 4 rings (SSSR count). The van der Waals surface area contributed by atoms with E-state index in [0.29, 0.717) is 52.7 Å². The molecule has 0 aliphatic heterocycles. The number of hydrogen-bond donors (Lipinski definition) is 5. The van der Waals surface area contributed by atoms with Crippen LogP contribution in [-0.4, -0.2) is 51.0 Å². The van der Waals surface area contributed by atoms with Crippen LogP contribution in [0.25, 0.3) is 28.0 Å². The summed E-state index contributed by atoms with van der Waals surface area (Å²) in [6.45, 7) is 7.21. The largest absolute Gasteiger partial charge is 0.373 e. The zero-order chi connectivity index (χ0) is 30.9. The van der Waals surface area contributed by atoms with E-state index in [-0.39, 0.29) is 17.1 Å². The Morgan fingerprint density at radius 3 is 2.72 bits per heavy atom. The minimum absolute atomic E-state index is 0.0526. The van der Waals surface area contributed by atoms with Crippen LogP contribution >= 0.6 is 23.4 Å². The minimum Gasteiger partial charge on any atom is -0.373 e. The van der Waals surface area contributed by atoms with Crippen molar-refractivity contribution in [3.8, 4) is 16.9 Å². The summed E-state index contributed by atoms with van der Waals surface area (Å²) in [5.74, 6) is 0.680. The molecule has 1 unspecified atom stereocenters. The number of nitrogens with zero attached hydrogens (tertiary/aromatic N) is 2. The van der Waals surface area contributed by atoms with Gasteiger partial charge in [-0.05, 0) is 80.3 Å². The van der Waals surface area contributed by atoms with Gasteiger partial charge < -0.3 is 21.4 Å². The third kappa shape index (κ3) is 8.79. The van der Waals surface area contributed by atoms with Crippen LogP contribution in [-0.2, 0) is 13.0 Å². The fourth-order valence-corrected chi connectivity index (χ4v) is 5.47. The monoisotopic (exact) mass is 623 g/mol. The van der Waals surface area contributed by atoms with Crippen molar-refractivity contribution in [2.45, 2.75) is 51.2 Å². The lowest BCUT2D eigenvalue weighted by Gasteiger charge is -2.16. The molecule has 43 heavy (non-hydrogen) atoms. The highest BCUT2D eigenvalue weighted by Gasteiger charge is 2.16. The van der Waals surface area contributed by atoms with Gasteiger partial charge in [-0.25, -0.2) is 9.18 Å². The van der Waals surface area contributed by atoms with Crippen molar-refractivity contribution >= 4 is 40.2 Å². The third-order valence-electron chi connectivity index (χ3n) is 7.16. The van der Waals surface area contributed by atoms with Crippen LogP contribution in [0.1, 0.15) is 37.3 Å². The number of aromatic amines is 1. The number of rotatable bonds is 15. The number of halogens is 2. The molecule has 6 N–H and O–H groups in total. The Balaban J connectivity index is 1.47. The Morgan fingerprint density at radius 2 is 2.02 bits per heavy atom. The third-order valence-corrected chi connectivity index (χ3v) is 8.01. The van der Waals surface area contributed by atoms with Crippen molar-refractivity contribution in [3.63, 3.8) is 0 Å². The first kappa shape index (κ1) is 32.5. The van der Waals surface area contributed by atoms with E-state index >= 15 is 4.39 Å². The first-order valence-corrected chi connectivity index (χ1v) is 16.1. The molecule has 8 nitrogen and oxygen atoms in total. The van der Waals surface area contributed by atoms with E-state index in [1.807, 2.05) is 43.5 Å². The molecule has 0 saturated carbocycles. The van der Waals surface area contributed by atoms with Crippen molar-refractivity contribution in [2.24, 2.45) is 5.73 Å². The van der Waals surface area contributed by atoms with Crippen LogP contribution in [0.15, 0.2) is 66.1 Å². The zero-order valence-corrected chi connectivity index (χ0v) is 26.1. The predicted molar refractivity (Wildman–Crippen MR) is 178 cm³/mol. The quantitative estimate of drug-likeness (QED) is 0.0647. The molecule has 2 aromatic carbocycles. The molecule has 0 bridgehead atoms. The number of amidine groups is 1. The van der Waals surface area contributed by atoms with Crippen LogP contribution in [0.5, 0.6) is 0 Å². The summed E-state index contributed by atoms with van der Waals surface area (Å²) in [7, 11) is 0. The Labute approximate surface area is 260 Å². The molecule has 2 atom stereocenters. The second-order valence-electron chi connectivity index (χ2n) is 10.7.